The monoisotopic (exact) mass is 347 g/mol. The molecule has 1 rings (SSSR count). The molecule has 0 fully saturated rings. The molecule has 19 heavy (non-hydrogen) atoms. The molecule has 0 bridgehead atoms. The van der Waals surface area contributed by atoms with Gasteiger partial charge in [-0.05, 0) is 31.5 Å². The lowest BCUT2D eigenvalue weighted by Crippen LogP contribution is -2.32. The van der Waals surface area contributed by atoms with Gasteiger partial charge in [0.15, 0.2) is 9.84 Å². The first-order chi connectivity index (χ1) is 8.90. The third kappa shape index (κ3) is 4.62. The van der Waals surface area contributed by atoms with Crippen LogP contribution in [0, 0.1) is 0 Å². The van der Waals surface area contributed by atoms with Crippen LogP contribution in [0.25, 0.3) is 0 Å². The van der Waals surface area contributed by atoms with Gasteiger partial charge in [0.05, 0.1) is 4.90 Å². The van der Waals surface area contributed by atoms with Gasteiger partial charge in [0.2, 0.25) is 0 Å². The molecule has 0 saturated carbocycles. The smallest absolute Gasteiger partial charge is 0.253 e. The second-order valence-corrected chi connectivity index (χ2v) is 7.04. The lowest BCUT2D eigenvalue weighted by Gasteiger charge is -2.20. The Hall–Kier alpha value is -0.880. The second-order valence-electron chi connectivity index (χ2n) is 4.23. The minimum Gasteiger partial charge on any atom is -0.339 e. The van der Waals surface area contributed by atoms with Crippen molar-refractivity contribution in [3.63, 3.8) is 0 Å². The quantitative estimate of drug-likeness (QED) is 0.742. The summed E-state index contributed by atoms with van der Waals surface area (Å²) in [6.07, 6.45) is 2.00. The van der Waals surface area contributed by atoms with E-state index < -0.39 is 9.84 Å². The van der Waals surface area contributed by atoms with E-state index in [9.17, 15) is 13.2 Å². The standard InChI is InChI=1S/C13H18BrNO3S/c1-3-15(9-5-8-14)13(16)11-6-4-7-12(10-11)19(2,17)18/h4,6-7,10H,3,5,8-9H2,1-2H3. The Bertz CT molecular complexity index is 543. The molecule has 1 amide bonds. The van der Waals surface area contributed by atoms with Crippen molar-refractivity contribution in [3.05, 3.63) is 29.8 Å². The average Bonchev–Trinajstić information content (AvgIpc) is 2.38. The van der Waals surface area contributed by atoms with Crippen LogP contribution in [0.1, 0.15) is 23.7 Å². The molecule has 0 aromatic heterocycles. The summed E-state index contributed by atoms with van der Waals surface area (Å²) in [4.78, 5) is 14.2. The van der Waals surface area contributed by atoms with E-state index in [-0.39, 0.29) is 10.8 Å². The zero-order chi connectivity index (χ0) is 14.5. The maximum atomic E-state index is 12.3. The Balaban J connectivity index is 2.99. The highest BCUT2D eigenvalue weighted by molar-refractivity contribution is 9.09. The molecule has 0 aliphatic carbocycles. The maximum Gasteiger partial charge on any atom is 0.253 e. The van der Waals surface area contributed by atoms with Crippen molar-refractivity contribution in [3.8, 4) is 0 Å². The van der Waals surface area contributed by atoms with Gasteiger partial charge in [-0.15, -0.1) is 0 Å². The fourth-order valence-corrected chi connectivity index (χ4v) is 2.61. The molecule has 0 radical (unpaired) electrons. The van der Waals surface area contributed by atoms with E-state index in [1.165, 1.54) is 12.1 Å². The van der Waals surface area contributed by atoms with Crippen molar-refractivity contribution in [2.45, 2.75) is 18.2 Å². The van der Waals surface area contributed by atoms with E-state index in [1.807, 2.05) is 6.92 Å². The summed E-state index contributed by atoms with van der Waals surface area (Å²) in [7, 11) is -3.29. The predicted octanol–water partition coefficient (Wildman–Crippen LogP) is 2.34. The summed E-state index contributed by atoms with van der Waals surface area (Å²) < 4.78 is 23.0. The Morgan fingerprint density at radius 1 is 1.37 bits per heavy atom. The van der Waals surface area contributed by atoms with Gasteiger partial charge in [0, 0.05) is 30.2 Å². The average molecular weight is 348 g/mol. The number of alkyl halides is 1. The fourth-order valence-electron chi connectivity index (χ4n) is 1.70. The molecule has 0 unspecified atom stereocenters. The van der Waals surface area contributed by atoms with Crippen LogP contribution in [0.2, 0.25) is 0 Å². The van der Waals surface area contributed by atoms with Crippen LogP contribution in [0.15, 0.2) is 29.2 Å². The van der Waals surface area contributed by atoms with Gasteiger partial charge in [-0.3, -0.25) is 4.79 Å². The minimum absolute atomic E-state index is 0.131. The zero-order valence-corrected chi connectivity index (χ0v) is 13.5. The molecule has 0 saturated heterocycles. The Morgan fingerprint density at radius 2 is 2.05 bits per heavy atom. The number of rotatable bonds is 6. The number of carbonyl (C=O) groups excluding carboxylic acids is 1. The first-order valence-electron chi connectivity index (χ1n) is 6.05. The molecule has 4 nitrogen and oxygen atoms in total. The Morgan fingerprint density at radius 3 is 2.58 bits per heavy atom. The second kappa shape index (κ2) is 7.05. The van der Waals surface area contributed by atoms with E-state index in [4.69, 9.17) is 0 Å². The molecule has 1 aromatic rings. The molecule has 0 spiro atoms. The van der Waals surface area contributed by atoms with Crippen molar-refractivity contribution < 1.29 is 13.2 Å². The third-order valence-corrected chi connectivity index (χ3v) is 4.41. The number of sulfone groups is 1. The largest absolute Gasteiger partial charge is 0.339 e. The summed E-state index contributed by atoms with van der Waals surface area (Å²) in [6, 6.07) is 6.19. The Kier molecular flexibility index (Phi) is 6.00. The molecule has 0 aliphatic heterocycles. The molecule has 0 N–H and O–H groups in total. The lowest BCUT2D eigenvalue weighted by molar-refractivity contribution is 0.0765. The van der Waals surface area contributed by atoms with Gasteiger partial charge in [0.25, 0.3) is 5.91 Å². The lowest BCUT2D eigenvalue weighted by atomic mass is 10.2. The Labute approximate surface area is 122 Å². The van der Waals surface area contributed by atoms with Crippen LogP contribution in [-0.4, -0.2) is 43.9 Å². The van der Waals surface area contributed by atoms with Gasteiger partial charge >= 0.3 is 0 Å². The first-order valence-corrected chi connectivity index (χ1v) is 9.06. The van der Waals surface area contributed by atoms with Crippen LogP contribution in [0.5, 0.6) is 0 Å². The van der Waals surface area contributed by atoms with E-state index in [0.717, 1.165) is 18.0 Å². The van der Waals surface area contributed by atoms with Gasteiger partial charge in [-0.25, -0.2) is 8.42 Å². The first kappa shape index (κ1) is 16.2. The SMILES string of the molecule is CCN(CCCBr)C(=O)c1cccc(S(C)(=O)=O)c1. The summed E-state index contributed by atoms with van der Waals surface area (Å²) in [6.45, 7) is 3.17. The van der Waals surface area contributed by atoms with Crippen molar-refractivity contribution >= 4 is 31.7 Å². The van der Waals surface area contributed by atoms with Gasteiger partial charge in [-0.2, -0.15) is 0 Å². The van der Waals surface area contributed by atoms with E-state index in [0.29, 0.717) is 18.7 Å². The van der Waals surface area contributed by atoms with Gasteiger partial charge in [-0.1, -0.05) is 22.0 Å². The summed E-state index contributed by atoms with van der Waals surface area (Å²) in [5.74, 6) is -0.131. The topological polar surface area (TPSA) is 54.5 Å². The van der Waals surface area contributed by atoms with Crippen molar-refractivity contribution in [1.82, 2.24) is 4.90 Å². The van der Waals surface area contributed by atoms with Crippen LogP contribution in [0.4, 0.5) is 0 Å². The summed E-state index contributed by atoms with van der Waals surface area (Å²) >= 11 is 3.33. The molecule has 0 atom stereocenters. The number of hydrogen-bond donors (Lipinski definition) is 0. The van der Waals surface area contributed by atoms with Crippen molar-refractivity contribution in [2.75, 3.05) is 24.7 Å². The van der Waals surface area contributed by atoms with Gasteiger partial charge < -0.3 is 4.90 Å². The van der Waals surface area contributed by atoms with E-state index >= 15 is 0 Å². The molecular weight excluding hydrogens is 330 g/mol. The number of carbonyl (C=O) groups is 1. The van der Waals surface area contributed by atoms with E-state index in [2.05, 4.69) is 15.9 Å². The minimum atomic E-state index is -3.29. The summed E-state index contributed by atoms with van der Waals surface area (Å²) in [5.41, 5.74) is 0.416. The number of benzene rings is 1. The number of nitrogens with zero attached hydrogens (tertiary/aromatic N) is 1. The highest BCUT2D eigenvalue weighted by atomic mass is 79.9. The third-order valence-electron chi connectivity index (χ3n) is 2.74. The molecule has 106 valence electrons. The predicted molar refractivity (Wildman–Crippen MR) is 79.5 cm³/mol. The number of hydrogen-bond acceptors (Lipinski definition) is 3. The number of amides is 1. The van der Waals surface area contributed by atoms with Crippen molar-refractivity contribution in [1.29, 1.82) is 0 Å². The van der Waals surface area contributed by atoms with Crippen LogP contribution < -0.4 is 0 Å². The van der Waals surface area contributed by atoms with Crippen LogP contribution >= 0.6 is 15.9 Å². The van der Waals surface area contributed by atoms with Crippen molar-refractivity contribution in [2.24, 2.45) is 0 Å². The molecule has 0 aliphatic rings. The van der Waals surface area contributed by atoms with E-state index in [1.54, 1.807) is 17.0 Å². The van der Waals surface area contributed by atoms with Gasteiger partial charge in [0.1, 0.15) is 0 Å². The number of halogens is 1. The zero-order valence-electron chi connectivity index (χ0n) is 11.1. The fraction of sp³-hybridized carbons (Fsp3) is 0.462. The van der Waals surface area contributed by atoms with Crippen LogP contribution in [0.3, 0.4) is 0 Å². The summed E-state index contributed by atoms with van der Waals surface area (Å²) in [5, 5.41) is 0.833. The highest BCUT2D eigenvalue weighted by Crippen LogP contribution is 2.13. The molecular formula is C13H18BrNO3S. The maximum absolute atomic E-state index is 12.3. The molecule has 1 aromatic carbocycles. The highest BCUT2D eigenvalue weighted by Gasteiger charge is 2.16. The molecule has 0 heterocycles. The normalized spacial score (nSPS) is 11.3. The molecule has 6 heteroatoms. The van der Waals surface area contributed by atoms with Crippen LogP contribution in [-0.2, 0) is 9.84 Å².